The highest BCUT2D eigenvalue weighted by Crippen LogP contribution is 2.28. The van der Waals surface area contributed by atoms with Gasteiger partial charge in [-0.15, -0.1) is 0 Å². The van der Waals surface area contributed by atoms with Crippen molar-refractivity contribution in [2.75, 3.05) is 18.9 Å². The molecule has 21 heavy (non-hydrogen) atoms. The molecular formula is C16H24N2O3. The molecule has 0 heterocycles. The Morgan fingerprint density at radius 2 is 2.10 bits per heavy atom. The van der Waals surface area contributed by atoms with Gasteiger partial charge in [0.05, 0.1) is 6.54 Å². The number of carbonyl (C=O) groups excluding carboxylic acids is 1. The lowest BCUT2D eigenvalue weighted by molar-refractivity contribution is 0.0209. The fourth-order valence-electron chi connectivity index (χ4n) is 2.00. The lowest BCUT2D eigenvalue weighted by Gasteiger charge is -2.27. The molecule has 1 aliphatic rings. The van der Waals surface area contributed by atoms with Gasteiger partial charge in [-0.25, -0.2) is 4.79 Å². The van der Waals surface area contributed by atoms with Crippen molar-refractivity contribution >= 4 is 11.8 Å². The molecule has 2 rings (SSSR count). The van der Waals surface area contributed by atoms with E-state index in [0.29, 0.717) is 24.9 Å². The SMILES string of the molecule is CC(C)(C)OC(=O)N(CCOc1cccc(N)c1)C1CC1. The van der Waals surface area contributed by atoms with Gasteiger partial charge in [-0.3, -0.25) is 0 Å². The maximum Gasteiger partial charge on any atom is 0.410 e. The van der Waals surface area contributed by atoms with E-state index < -0.39 is 5.60 Å². The third-order valence-corrected chi connectivity index (χ3v) is 3.07. The number of nitrogens with zero attached hydrogens (tertiary/aromatic N) is 1. The first-order valence-electron chi connectivity index (χ1n) is 7.33. The summed E-state index contributed by atoms with van der Waals surface area (Å²) >= 11 is 0. The Labute approximate surface area is 126 Å². The number of benzene rings is 1. The van der Waals surface area contributed by atoms with E-state index in [0.717, 1.165) is 18.6 Å². The first kappa shape index (κ1) is 15.5. The molecule has 0 bridgehead atoms. The summed E-state index contributed by atoms with van der Waals surface area (Å²) in [7, 11) is 0. The summed E-state index contributed by atoms with van der Waals surface area (Å²) in [6.45, 7) is 6.57. The van der Waals surface area contributed by atoms with Crippen molar-refractivity contribution in [3.8, 4) is 5.75 Å². The van der Waals surface area contributed by atoms with Gasteiger partial charge in [-0.2, -0.15) is 0 Å². The maximum absolute atomic E-state index is 12.2. The van der Waals surface area contributed by atoms with Crippen LogP contribution in [0.4, 0.5) is 10.5 Å². The van der Waals surface area contributed by atoms with Crippen LogP contribution in [-0.4, -0.2) is 35.8 Å². The van der Waals surface area contributed by atoms with Gasteiger partial charge in [0.25, 0.3) is 0 Å². The van der Waals surface area contributed by atoms with Crippen LogP contribution in [-0.2, 0) is 4.74 Å². The van der Waals surface area contributed by atoms with Gasteiger partial charge in [0, 0.05) is 17.8 Å². The van der Waals surface area contributed by atoms with Gasteiger partial charge in [0.15, 0.2) is 0 Å². The molecule has 1 aromatic carbocycles. The number of ether oxygens (including phenoxy) is 2. The largest absolute Gasteiger partial charge is 0.492 e. The van der Waals surface area contributed by atoms with Crippen molar-refractivity contribution < 1.29 is 14.3 Å². The van der Waals surface area contributed by atoms with Crippen molar-refractivity contribution in [1.82, 2.24) is 4.90 Å². The molecule has 1 aromatic rings. The molecule has 1 fully saturated rings. The highest BCUT2D eigenvalue weighted by atomic mass is 16.6. The molecule has 5 nitrogen and oxygen atoms in total. The average molecular weight is 292 g/mol. The van der Waals surface area contributed by atoms with Crippen LogP contribution in [0.15, 0.2) is 24.3 Å². The molecule has 1 saturated carbocycles. The summed E-state index contributed by atoms with van der Waals surface area (Å²) in [5.41, 5.74) is 5.89. The van der Waals surface area contributed by atoms with Crippen molar-refractivity contribution in [1.29, 1.82) is 0 Å². The molecule has 0 spiro atoms. The minimum absolute atomic E-state index is 0.263. The summed E-state index contributed by atoms with van der Waals surface area (Å²) < 4.78 is 11.1. The Balaban J connectivity index is 1.85. The molecule has 0 atom stereocenters. The lowest BCUT2D eigenvalue weighted by atomic mass is 10.2. The molecule has 2 N–H and O–H groups in total. The van der Waals surface area contributed by atoms with Gasteiger partial charge < -0.3 is 20.1 Å². The van der Waals surface area contributed by atoms with Crippen molar-refractivity contribution in [3.63, 3.8) is 0 Å². The predicted molar refractivity (Wildman–Crippen MR) is 82.3 cm³/mol. The first-order chi connectivity index (χ1) is 9.85. The summed E-state index contributed by atoms with van der Waals surface area (Å²) in [4.78, 5) is 13.9. The fraction of sp³-hybridized carbons (Fsp3) is 0.562. The Bertz CT molecular complexity index is 493. The Hall–Kier alpha value is -1.91. The third-order valence-electron chi connectivity index (χ3n) is 3.07. The number of hydrogen-bond acceptors (Lipinski definition) is 4. The number of nitrogen functional groups attached to an aromatic ring is 1. The van der Waals surface area contributed by atoms with Crippen LogP contribution < -0.4 is 10.5 Å². The van der Waals surface area contributed by atoms with Crippen molar-refractivity contribution in [2.45, 2.75) is 45.3 Å². The average Bonchev–Trinajstić information content (AvgIpc) is 3.16. The molecule has 0 aromatic heterocycles. The normalized spacial score (nSPS) is 14.6. The topological polar surface area (TPSA) is 64.8 Å². The van der Waals surface area contributed by atoms with Crippen LogP contribution in [0.1, 0.15) is 33.6 Å². The molecule has 0 radical (unpaired) electrons. The summed E-state index contributed by atoms with van der Waals surface area (Å²) in [6, 6.07) is 7.57. The van der Waals surface area contributed by atoms with Gasteiger partial charge in [-0.05, 0) is 45.7 Å². The highest BCUT2D eigenvalue weighted by Gasteiger charge is 2.34. The quantitative estimate of drug-likeness (QED) is 0.847. The van der Waals surface area contributed by atoms with E-state index in [1.165, 1.54) is 0 Å². The molecule has 1 aliphatic carbocycles. The Morgan fingerprint density at radius 3 is 2.67 bits per heavy atom. The second-order valence-electron chi connectivity index (χ2n) is 6.33. The van der Waals surface area contributed by atoms with E-state index >= 15 is 0 Å². The molecule has 0 unspecified atom stereocenters. The van der Waals surface area contributed by atoms with E-state index in [2.05, 4.69) is 0 Å². The lowest BCUT2D eigenvalue weighted by Crippen LogP contribution is -2.40. The molecule has 0 aliphatic heterocycles. The minimum atomic E-state index is -0.473. The number of amides is 1. The summed E-state index contributed by atoms with van der Waals surface area (Å²) in [5, 5.41) is 0. The zero-order valence-corrected chi connectivity index (χ0v) is 13.0. The third kappa shape index (κ3) is 5.17. The van der Waals surface area contributed by atoms with E-state index in [9.17, 15) is 4.79 Å². The number of nitrogens with two attached hydrogens (primary N) is 1. The molecular weight excluding hydrogens is 268 g/mol. The number of hydrogen-bond donors (Lipinski definition) is 1. The van der Waals surface area contributed by atoms with E-state index in [1.807, 2.05) is 39.0 Å². The zero-order chi connectivity index (χ0) is 15.5. The smallest absolute Gasteiger partial charge is 0.410 e. The van der Waals surface area contributed by atoms with Crippen molar-refractivity contribution in [2.24, 2.45) is 0 Å². The first-order valence-corrected chi connectivity index (χ1v) is 7.33. The second-order valence-corrected chi connectivity index (χ2v) is 6.33. The van der Waals surface area contributed by atoms with E-state index in [1.54, 1.807) is 11.0 Å². The predicted octanol–water partition coefficient (Wildman–Crippen LogP) is 3.05. The van der Waals surface area contributed by atoms with Crippen LogP contribution in [0.5, 0.6) is 5.75 Å². The zero-order valence-electron chi connectivity index (χ0n) is 13.0. The van der Waals surface area contributed by atoms with Gasteiger partial charge in [-0.1, -0.05) is 6.07 Å². The van der Waals surface area contributed by atoms with Gasteiger partial charge in [0.2, 0.25) is 0 Å². The van der Waals surface area contributed by atoms with E-state index in [4.69, 9.17) is 15.2 Å². The van der Waals surface area contributed by atoms with Crippen LogP contribution in [0.2, 0.25) is 0 Å². The maximum atomic E-state index is 12.2. The van der Waals surface area contributed by atoms with Crippen LogP contribution >= 0.6 is 0 Å². The minimum Gasteiger partial charge on any atom is -0.492 e. The molecule has 1 amide bonds. The van der Waals surface area contributed by atoms with E-state index in [-0.39, 0.29) is 6.09 Å². The molecule has 116 valence electrons. The van der Waals surface area contributed by atoms with Crippen LogP contribution in [0.3, 0.4) is 0 Å². The van der Waals surface area contributed by atoms with Crippen LogP contribution in [0, 0.1) is 0 Å². The highest BCUT2D eigenvalue weighted by molar-refractivity contribution is 5.69. The van der Waals surface area contributed by atoms with Crippen molar-refractivity contribution in [3.05, 3.63) is 24.3 Å². The number of carbonyl (C=O) groups is 1. The number of anilines is 1. The summed E-state index contributed by atoms with van der Waals surface area (Å²) in [5.74, 6) is 0.718. The molecule has 0 saturated heterocycles. The monoisotopic (exact) mass is 292 g/mol. The van der Waals surface area contributed by atoms with Crippen LogP contribution in [0.25, 0.3) is 0 Å². The standard InChI is InChI=1S/C16H24N2O3/c1-16(2,3)21-15(19)18(13-7-8-13)9-10-20-14-6-4-5-12(17)11-14/h4-6,11,13H,7-10,17H2,1-3H3. The Kier molecular flexibility index (Phi) is 4.60. The van der Waals surface area contributed by atoms with Gasteiger partial charge >= 0.3 is 6.09 Å². The molecule has 5 heteroatoms. The number of rotatable bonds is 5. The fourth-order valence-corrected chi connectivity index (χ4v) is 2.00. The van der Waals surface area contributed by atoms with Gasteiger partial charge in [0.1, 0.15) is 18.0 Å². The Morgan fingerprint density at radius 1 is 1.38 bits per heavy atom. The second kappa shape index (κ2) is 6.24. The summed E-state index contributed by atoms with van der Waals surface area (Å²) in [6.07, 6.45) is 1.82.